The number of rotatable bonds is 8. The average Bonchev–Trinajstić information content (AvgIpc) is 3.15. The Bertz CT molecular complexity index is 1190. The smallest absolute Gasteiger partial charge is 0.326 e. The Morgan fingerprint density at radius 3 is 2.47 bits per heavy atom. The molecule has 2 aromatic carbocycles. The zero-order valence-electron chi connectivity index (χ0n) is 18.9. The fourth-order valence-corrected chi connectivity index (χ4v) is 4.09. The van der Waals surface area contributed by atoms with Gasteiger partial charge in [-0.2, -0.15) is 13.2 Å². The summed E-state index contributed by atoms with van der Waals surface area (Å²) in [4.78, 5) is 24.8. The van der Waals surface area contributed by atoms with Crippen LogP contribution in [0.5, 0.6) is 0 Å². The summed E-state index contributed by atoms with van der Waals surface area (Å²) in [6.07, 6.45) is -4.67. The standard InChI is InChI=1S/C23H24F3N5O2S/c1-4-31-19(12-20(32)27-17-7-5-6-16(11-17)23(24,25)26)29-30-22(31)34-13-21(33)28-18-9-8-14(2)10-15(18)3/h5-11H,4,12-13H2,1-3H3,(H,27,32)(H,28,33). The summed E-state index contributed by atoms with van der Waals surface area (Å²) in [7, 11) is 0. The van der Waals surface area contributed by atoms with Crippen LogP contribution in [0.15, 0.2) is 47.6 Å². The highest BCUT2D eigenvalue weighted by Crippen LogP contribution is 2.30. The molecule has 2 amide bonds. The van der Waals surface area contributed by atoms with Crippen molar-refractivity contribution >= 4 is 35.0 Å². The molecule has 0 aliphatic carbocycles. The summed E-state index contributed by atoms with van der Waals surface area (Å²) in [5.74, 6) is -0.275. The van der Waals surface area contributed by atoms with E-state index in [2.05, 4.69) is 20.8 Å². The van der Waals surface area contributed by atoms with Crippen LogP contribution in [0, 0.1) is 13.8 Å². The molecule has 34 heavy (non-hydrogen) atoms. The van der Waals surface area contributed by atoms with E-state index < -0.39 is 17.6 Å². The van der Waals surface area contributed by atoms with Gasteiger partial charge in [-0.15, -0.1) is 10.2 Å². The van der Waals surface area contributed by atoms with Crippen molar-refractivity contribution in [2.45, 2.75) is 45.1 Å². The Kier molecular flexibility index (Phi) is 7.98. The highest BCUT2D eigenvalue weighted by molar-refractivity contribution is 7.99. The lowest BCUT2D eigenvalue weighted by atomic mass is 10.1. The summed E-state index contributed by atoms with van der Waals surface area (Å²) in [5, 5.41) is 13.9. The van der Waals surface area contributed by atoms with Crippen molar-refractivity contribution in [3.8, 4) is 0 Å². The summed E-state index contributed by atoms with van der Waals surface area (Å²) in [5.41, 5.74) is 2.00. The molecule has 180 valence electrons. The van der Waals surface area contributed by atoms with Crippen LogP contribution in [-0.4, -0.2) is 32.3 Å². The van der Waals surface area contributed by atoms with Crippen molar-refractivity contribution in [1.82, 2.24) is 14.8 Å². The second-order valence-electron chi connectivity index (χ2n) is 7.60. The van der Waals surface area contributed by atoms with E-state index in [0.717, 1.165) is 28.9 Å². The minimum Gasteiger partial charge on any atom is -0.326 e. The largest absolute Gasteiger partial charge is 0.416 e. The first-order valence-electron chi connectivity index (χ1n) is 10.5. The molecule has 3 aromatic rings. The Morgan fingerprint density at radius 1 is 1.03 bits per heavy atom. The molecular weight excluding hydrogens is 467 g/mol. The van der Waals surface area contributed by atoms with Crippen LogP contribution in [0.1, 0.15) is 29.4 Å². The van der Waals surface area contributed by atoms with Crippen LogP contribution in [0.2, 0.25) is 0 Å². The average molecular weight is 492 g/mol. The van der Waals surface area contributed by atoms with Gasteiger partial charge in [0.25, 0.3) is 0 Å². The number of amides is 2. The molecule has 1 aromatic heterocycles. The molecule has 0 bridgehead atoms. The van der Waals surface area contributed by atoms with E-state index in [1.807, 2.05) is 39.0 Å². The van der Waals surface area contributed by atoms with Gasteiger partial charge in [0.2, 0.25) is 11.8 Å². The Labute approximate surface area is 199 Å². The van der Waals surface area contributed by atoms with Gasteiger partial charge < -0.3 is 15.2 Å². The number of hydrogen-bond acceptors (Lipinski definition) is 5. The van der Waals surface area contributed by atoms with Crippen molar-refractivity contribution in [2.75, 3.05) is 16.4 Å². The molecule has 7 nitrogen and oxygen atoms in total. The predicted octanol–water partition coefficient (Wildman–Crippen LogP) is 4.85. The van der Waals surface area contributed by atoms with Crippen molar-refractivity contribution in [2.24, 2.45) is 0 Å². The van der Waals surface area contributed by atoms with Crippen LogP contribution in [0.3, 0.4) is 0 Å². The van der Waals surface area contributed by atoms with E-state index in [9.17, 15) is 22.8 Å². The lowest BCUT2D eigenvalue weighted by Gasteiger charge is -2.11. The number of benzene rings is 2. The molecule has 0 aliphatic rings. The molecule has 2 N–H and O–H groups in total. The number of thioether (sulfide) groups is 1. The Hall–Kier alpha value is -3.34. The molecule has 0 unspecified atom stereocenters. The highest BCUT2D eigenvalue weighted by atomic mass is 32.2. The molecule has 0 saturated carbocycles. The Morgan fingerprint density at radius 2 is 1.79 bits per heavy atom. The van der Waals surface area contributed by atoms with E-state index in [0.29, 0.717) is 17.5 Å². The number of hydrogen-bond donors (Lipinski definition) is 2. The maximum atomic E-state index is 12.9. The molecule has 3 rings (SSSR count). The fraction of sp³-hybridized carbons (Fsp3) is 0.304. The maximum absolute atomic E-state index is 12.9. The second kappa shape index (κ2) is 10.7. The van der Waals surface area contributed by atoms with Gasteiger partial charge in [-0.1, -0.05) is 35.5 Å². The molecule has 0 radical (unpaired) electrons. The monoisotopic (exact) mass is 491 g/mol. The number of nitrogens with zero attached hydrogens (tertiary/aromatic N) is 3. The van der Waals surface area contributed by atoms with Crippen molar-refractivity contribution in [1.29, 1.82) is 0 Å². The predicted molar refractivity (Wildman–Crippen MR) is 125 cm³/mol. The van der Waals surface area contributed by atoms with Crippen molar-refractivity contribution in [3.05, 3.63) is 65.0 Å². The lowest BCUT2D eigenvalue weighted by molar-refractivity contribution is -0.137. The maximum Gasteiger partial charge on any atom is 0.416 e. The van der Waals surface area contributed by atoms with Gasteiger partial charge in [-0.3, -0.25) is 9.59 Å². The Balaban J connectivity index is 1.60. The molecule has 0 spiro atoms. The molecular formula is C23H24F3N5O2S. The van der Waals surface area contributed by atoms with Crippen molar-refractivity contribution < 1.29 is 22.8 Å². The molecule has 0 atom stereocenters. The number of aromatic nitrogens is 3. The first-order chi connectivity index (χ1) is 16.1. The summed E-state index contributed by atoms with van der Waals surface area (Å²) >= 11 is 1.19. The molecule has 0 fully saturated rings. The zero-order chi connectivity index (χ0) is 24.9. The topological polar surface area (TPSA) is 88.9 Å². The number of alkyl halides is 3. The number of halogens is 3. The minimum absolute atomic E-state index is 0.0417. The van der Waals surface area contributed by atoms with Crippen LogP contribution in [0.4, 0.5) is 24.5 Å². The highest BCUT2D eigenvalue weighted by Gasteiger charge is 2.30. The second-order valence-corrected chi connectivity index (χ2v) is 8.54. The van der Waals surface area contributed by atoms with Gasteiger partial charge in [-0.05, 0) is 50.6 Å². The summed E-state index contributed by atoms with van der Waals surface area (Å²) in [6.45, 7) is 6.20. The number of carbonyl (C=O) groups excluding carboxylic acids is 2. The third kappa shape index (κ3) is 6.60. The van der Waals surface area contributed by atoms with Crippen LogP contribution < -0.4 is 10.6 Å². The summed E-state index contributed by atoms with van der Waals surface area (Å²) in [6, 6.07) is 10.2. The molecule has 11 heteroatoms. The third-order valence-corrected chi connectivity index (χ3v) is 5.86. The molecule has 0 aliphatic heterocycles. The quantitative estimate of drug-likeness (QED) is 0.440. The zero-order valence-corrected chi connectivity index (χ0v) is 19.7. The van der Waals surface area contributed by atoms with E-state index in [1.165, 1.54) is 23.9 Å². The van der Waals surface area contributed by atoms with Gasteiger partial charge in [0.15, 0.2) is 5.16 Å². The van der Waals surface area contributed by atoms with Gasteiger partial charge in [-0.25, -0.2) is 0 Å². The number of carbonyl (C=O) groups is 2. The number of anilines is 2. The van der Waals surface area contributed by atoms with Crippen LogP contribution >= 0.6 is 11.8 Å². The van der Waals surface area contributed by atoms with E-state index in [1.54, 1.807) is 4.57 Å². The van der Waals surface area contributed by atoms with Crippen LogP contribution in [0.25, 0.3) is 0 Å². The lowest BCUT2D eigenvalue weighted by Crippen LogP contribution is -2.18. The summed E-state index contributed by atoms with van der Waals surface area (Å²) < 4.78 is 40.3. The number of nitrogens with one attached hydrogen (secondary N) is 2. The van der Waals surface area contributed by atoms with Crippen LogP contribution in [-0.2, 0) is 28.7 Å². The van der Waals surface area contributed by atoms with Crippen molar-refractivity contribution in [3.63, 3.8) is 0 Å². The first-order valence-corrected chi connectivity index (χ1v) is 11.4. The first kappa shape index (κ1) is 25.3. The molecule has 0 saturated heterocycles. The van der Waals surface area contributed by atoms with Gasteiger partial charge in [0.05, 0.1) is 17.7 Å². The normalized spacial score (nSPS) is 11.4. The fourth-order valence-electron chi connectivity index (χ4n) is 3.27. The van der Waals surface area contributed by atoms with E-state index >= 15 is 0 Å². The van der Waals surface area contributed by atoms with Gasteiger partial charge >= 0.3 is 6.18 Å². The van der Waals surface area contributed by atoms with E-state index in [-0.39, 0.29) is 23.8 Å². The number of aryl methyl sites for hydroxylation is 2. The van der Waals surface area contributed by atoms with Gasteiger partial charge in [0, 0.05) is 17.9 Å². The minimum atomic E-state index is -4.50. The SMILES string of the molecule is CCn1c(CC(=O)Nc2cccc(C(F)(F)F)c2)nnc1SCC(=O)Nc1ccc(C)cc1C. The molecule has 1 heterocycles. The van der Waals surface area contributed by atoms with Gasteiger partial charge in [0.1, 0.15) is 5.82 Å². The third-order valence-electron chi connectivity index (χ3n) is 4.89. The van der Waals surface area contributed by atoms with E-state index in [4.69, 9.17) is 0 Å².